The van der Waals surface area contributed by atoms with Gasteiger partial charge in [0.05, 0.1) is 0 Å². The van der Waals surface area contributed by atoms with Crippen LogP contribution in [0.1, 0.15) is 18.9 Å². The summed E-state index contributed by atoms with van der Waals surface area (Å²) in [4.78, 5) is 0. The smallest absolute Gasteiger partial charge is 0.417 e. The van der Waals surface area contributed by atoms with Gasteiger partial charge >= 0.3 is 6.18 Å². The molecule has 0 fully saturated rings. The summed E-state index contributed by atoms with van der Waals surface area (Å²) in [6, 6.07) is 3.69. The average Bonchev–Trinajstić information content (AvgIpc) is 2.34. The number of hydrogen-bond donors (Lipinski definition) is 2. The molecule has 0 aliphatic carbocycles. The maximum absolute atomic E-state index is 13.3. The molecule has 1 rings (SSSR count). The Morgan fingerprint density at radius 3 is 2.60 bits per heavy atom. The summed E-state index contributed by atoms with van der Waals surface area (Å²) in [5.41, 5.74) is 0.565. The van der Waals surface area contributed by atoms with Gasteiger partial charge in [0.15, 0.2) is 6.10 Å². The highest BCUT2D eigenvalue weighted by Gasteiger charge is 2.38. The third-order valence-electron chi connectivity index (χ3n) is 2.47. The number of nitrogens with one attached hydrogen (secondary N) is 1. The van der Waals surface area contributed by atoms with Gasteiger partial charge in [0.1, 0.15) is 18.2 Å². The fourth-order valence-corrected chi connectivity index (χ4v) is 1.49. The van der Waals surface area contributed by atoms with Gasteiger partial charge in [0.25, 0.3) is 0 Å². The van der Waals surface area contributed by atoms with Crippen LogP contribution < -0.4 is 10.1 Å². The minimum Gasteiger partial charge on any atom is -0.490 e. The lowest BCUT2D eigenvalue weighted by Crippen LogP contribution is -2.34. The zero-order valence-corrected chi connectivity index (χ0v) is 11.0. The number of hydrogen-bond acceptors (Lipinski definition) is 3. The Morgan fingerprint density at radius 1 is 1.30 bits per heavy atom. The lowest BCUT2D eigenvalue weighted by molar-refractivity contribution is -0.210. The number of aliphatic hydroxyl groups excluding tert-OH is 1. The predicted molar refractivity (Wildman–Crippen MR) is 66.0 cm³/mol. The molecule has 0 saturated heterocycles. The van der Waals surface area contributed by atoms with Gasteiger partial charge in [0.2, 0.25) is 0 Å². The van der Waals surface area contributed by atoms with Crippen molar-refractivity contribution in [2.24, 2.45) is 0 Å². The standard InChI is InChI=1S/C13H17F4NO2/c1-2-3-18-7-9-4-10(14)6-11(5-9)20-8-12(19)13(15,16)17/h4-6,12,18-19H,2-3,7-8H2,1H3. The quantitative estimate of drug-likeness (QED) is 0.600. The Hall–Kier alpha value is -1.34. The van der Waals surface area contributed by atoms with E-state index >= 15 is 0 Å². The largest absolute Gasteiger partial charge is 0.490 e. The molecule has 0 bridgehead atoms. The molecular weight excluding hydrogens is 278 g/mol. The Balaban J connectivity index is 2.61. The van der Waals surface area contributed by atoms with Crippen LogP contribution in [0.5, 0.6) is 5.75 Å². The van der Waals surface area contributed by atoms with Crippen molar-refractivity contribution in [1.82, 2.24) is 5.32 Å². The minimum atomic E-state index is -4.75. The highest BCUT2D eigenvalue weighted by molar-refractivity contribution is 5.29. The van der Waals surface area contributed by atoms with E-state index in [-0.39, 0.29) is 5.75 Å². The highest BCUT2D eigenvalue weighted by atomic mass is 19.4. The van der Waals surface area contributed by atoms with Crippen LogP contribution in [-0.4, -0.2) is 30.5 Å². The van der Waals surface area contributed by atoms with Gasteiger partial charge in [-0.25, -0.2) is 4.39 Å². The summed E-state index contributed by atoms with van der Waals surface area (Å²) in [5, 5.41) is 11.8. The van der Waals surface area contributed by atoms with Crippen molar-refractivity contribution in [1.29, 1.82) is 0 Å². The highest BCUT2D eigenvalue weighted by Crippen LogP contribution is 2.22. The summed E-state index contributed by atoms with van der Waals surface area (Å²) in [5.74, 6) is -0.640. The van der Waals surface area contributed by atoms with Gasteiger partial charge in [-0.05, 0) is 30.7 Å². The molecule has 2 N–H and O–H groups in total. The maximum Gasteiger partial charge on any atom is 0.417 e. The first kappa shape index (κ1) is 16.7. The maximum atomic E-state index is 13.3. The molecule has 0 spiro atoms. The van der Waals surface area contributed by atoms with Crippen molar-refractivity contribution in [2.75, 3.05) is 13.2 Å². The first-order chi connectivity index (χ1) is 9.32. The molecule has 114 valence electrons. The second kappa shape index (κ2) is 7.44. The third kappa shape index (κ3) is 5.75. The van der Waals surface area contributed by atoms with Crippen molar-refractivity contribution in [3.8, 4) is 5.75 Å². The van der Waals surface area contributed by atoms with E-state index in [1.165, 1.54) is 12.1 Å². The van der Waals surface area contributed by atoms with Crippen molar-refractivity contribution in [2.45, 2.75) is 32.2 Å². The van der Waals surface area contributed by atoms with Crippen LogP contribution in [0, 0.1) is 5.82 Å². The molecule has 7 heteroatoms. The molecule has 0 aliphatic rings. The van der Waals surface area contributed by atoms with E-state index in [1.54, 1.807) is 0 Å². The Bertz CT molecular complexity index is 423. The van der Waals surface area contributed by atoms with Crippen LogP contribution in [0.4, 0.5) is 17.6 Å². The molecule has 1 aromatic carbocycles. The van der Waals surface area contributed by atoms with E-state index in [2.05, 4.69) is 5.32 Å². The van der Waals surface area contributed by atoms with Crippen molar-refractivity contribution < 1.29 is 27.4 Å². The van der Waals surface area contributed by atoms with E-state index in [4.69, 9.17) is 9.84 Å². The van der Waals surface area contributed by atoms with E-state index in [1.807, 2.05) is 6.92 Å². The van der Waals surface area contributed by atoms with Gasteiger partial charge in [-0.1, -0.05) is 6.92 Å². The zero-order valence-electron chi connectivity index (χ0n) is 11.0. The predicted octanol–water partition coefficient (Wildman–Crippen LogP) is 2.63. The number of ether oxygens (including phenoxy) is 1. The van der Waals surface area contributed by atoms with E-state index in [0.717, 1.165) is 19.0 Å². The fraction of sp³-hybridized carbons (Fsp3) is 0.538. The molecule has 0 heterocycles. The zero-order chi connectivity index (χ0) is 15.2. The molecule has 20 heavy (non-hydrogen) atoms. The third-order valence-corrected chi connectivity index (χ3v) is 2.47. The van der Waals surface area contributed by atoms with Crippen molar-refractivity contribution in [3.63, 3.8) is 0 Å². The molecule has 0 aliphatic heterocycles. The molecule has 1 unspecified atom stereocenters. The second-order valence-electron chi connectivity index (χ2n) is 4.34. The molecule has 0 radical (unpaired) electrons. The molecule has 1 aromatic rings. The summed E-state index contributed by atoms with van der Waals surface area (Å²) in [6.07, 6.45) is -6.43. The minimum absolute atomic E-state index is 0.0402. The van der Waals surface area contributed by atoms with Crippen LogP contribution in [0.3, 0.4) is 0 Å². The molecule has 3 nitrogen and oxygen atoms in total. The molecule has 1 atom stereocenters. The fourth-order valence-electron chi connectivity index (χ4n) is 1.49. The summed E-state index contributed by atoms with van der Waals surface area (Å²) in [7, 11) is 0. The summed E-state index contributed by atoms with van der Waals surface area (Å²) in [6.45, 7) is 2.16. The number of alkyl halides is 3. The number of benzene rings is 1. The van der Waals surface area contributed by atoms with Gasteiger partial charge < -0.3 is 15.2 Å². The Morgan fingerprint density at radius 2 is 2.00 bits per heavy atom. The van der Waals surface area contributed by atoms with Gasteiger partial charge in [-0.3, -0.25) is 0 Å². The van der Waals surface area contributed by atoms with Gasteiger partial charge in [0, 0.05) is 12.6 Å². The Labute approximate surface area is 114 Å². The molecular formula is C13H17F4NO2. The van der Waals surface area contributed by atoms with E-state index in [0.29, 0.717) is 12.1 Å². The van der Waals surface area contributed by atoms with Crippen LogP contribution in [-0.2, 0) is 6.54 Å². The lowest BCUT2D eigenvalue weighted by atomic mass is 10.2. The number of halogens is 4. The van der Waals surface area contributed by atoms with E-state index < -0.39 is 24.7 Å². The van der Waals surface area contributed by atoms with E-state index in [9.17, 15) is 17.6 Å². The molecule has 0 saturated carbocycles. The summed E-state index contributed by atoms with van der Waals surface area (Å²) < 4.78 is 54.4. The van der Waals surface area contributed by atoms with Crippen LogP contribution in [0.15, 0.2) is 18.2 Å². The molecule has 0 amide bonds. The lowest BCUT2D eigenvalue weighted by Gasteiger charge is -2.15. The topological polar surface area (TPSA) is 41.5 Å². The molecule has 0 aromatic heterocycles. The summed E-state index contributed by atoms with van der Waals surface area (Å²) >= 11 is 0. The van der Waals surface area contributed by atoms with Gasteiger partial charge in [-0.15, -0.1) is 0 Å². The SMILES string of the molecule is CCCNCc1cc(F)cc(OCC(O)C(F)(F)F)c1. The number of aliphatic hydroxyl groups is 1. The normalized spacial score (nSPS) is 13.3. The first-order valence-electron chi connectivity index (χ1n) is 6.20. The average molecular weight is 295 g/mol. The van der Waals surface area contributed by atoms with Crippen LogP contribution in [0.2, 0.25) is 0 Å². The second-order valence-corrected chi connectivity index (χ2v) is 4.34. The van der Waals surface area contributed by atoms with Crippen molar-refractivity contribution >= 4 is 0 Å². The van der Waals surface area contributed by atoms with Crippen LogP contribution >= 0.6 is 0 Å². The van der Waals surface area contributed by atoms with Gasteiger partial charge in [-0.2, -0.15) is 13.2 Å². The van der Waals surface area contributed by atoms with Crippen molar-refractivity contribution in [3.05, 3.63) is 29.6 Å². The Kier molecular flexibility index (Phi) is 6.22. The van der Waals surface area contributed by atoms with Crippen LogP contribution in [0.25, 0.3) is 0 Å². The number of rotatable bonds is 7. The first-order valence-corrected chi connectivity index (χ1v) is 6.20. The monoisotopic (exact) mass is 295 g/mol.